The van der Waals surface area contributed by atoms with Crippen molar-refractivity contribution in [3.63, 3.8) is 0 Å². The monoisotopic (exact) mass is 946 g/mol. The molecule has 0 aromatic rings. The molecule has 0 aromatic heterocycles. The van der Waals surface area contributed by atoms with Gasteiger partial charge in [-0.15, -0.1) is 25.6 Å². The van der Waals surface area contributed by atoms with E-state index in [9.17, 15) is 45.5 Å². The van der Waals surface area contributed by atoms with Crippen LogP contribution in [0.3, 0.4) is 0 Å². The second kappa shape index (κ2) is 22.2. The molecule has 0 radical (unpaired) electrons. The molecule has 0 unspecified atom stereocenters. The van der Waals surface area contributed by atoms with Crippen molar-refractivity contribution in [1.82, 2.24) is 29.8 Å². The standard InChI is InChI=1S/C21H32F3N3O4.C19H33N3O2.C3H3F3O2.ClH/c1-2-30-18(28)26-11-7-20(14-26)12-16(13-20)25-9-5-15(6-10-25)17-4-3-8-27(17)19(29)31-21(22,23)24;1-2-24-18(23)22-11-7-19(14-22)12-16(13-19)21-9-5-15(6-10-21)17-4-3-8-20-17;4-3(5,6)1-2(7)8;/h15-17H,2-14H2,1H3;15-17,20H,2-14H2,1H3;1H2,(H,7,8);1H/t16?,17-,20?;16?,17-,19?;;/m00../s1. The van der Waals surface area contributed by atoms with E-state index in [1.54, 1.807) is 0 Å². The van der Waals surface area contributed by atoms with Gasteiger partial charge in [0, 0.05) is 56.9 Å². The summed E-state index contributed by atoms with van der Waals surface area (Å²) in [4.78, 5) is 55.4. The van der Waals surface area contributed by atoms with Crippen molar-refractivity contribution in [2.24, 2.45) is 22.7 Å². The van der Waals surface area contributed by atoms with E-state index in [2.05, 4.69) is 19.9 Å². The number of nitrogens with one attached hydrogen (secondary N) is 1. The van der Waals surface area contributed by atoms with Crippen molar-refractivity contribution in [2.45, 2.75) is 147 Å². The Balaban J connectivity index is 0.000000207. The molecule has 8 aliphatic rings. The van der Waals surface area contributed by atoms with Gasteiger partial charge in [-0.05, 0) is 159 Å². The predicted octanol–water partition coefficient (Wildman–Crippen LogP) is 7.74. The van der Waals surface area contributed by atoms with Crippen LogP contribution in [0.1, 0.15) is 110 Å². The van der Waals surface area contributed by atoms with Crippen LogP contribution in [-0.4, -0.2) is 169 Å². The highest BCUT2D eigenvalue weighted by Crippen LogP contribution is 2.52. The minimum atomic E-state index is -4.93. The van der Waals surface area contributed by atoms with Crippen LogP contribution in [0.25, 0.3) is 0 Å². The molecule has 0 bridgehead atoms. The highest BCUT2D eigenvalue weighted by Gasteiger charge is 2.53. The smallest absolute Gasteiger partial charge is 0.481 e. The summed E-state index contributed by atoms with van der Waals surface area (Å²) < 4.78 is 84.0. The number of alkyl halides is 6. The molecular formula is C43H69ClF6N6O8. The number of aliphatic carboxylic acids is 1. The third kappa shape index (κ3) is 13.8. The SMILES string of the molecule is CCOC(=O)N1CCC2(CC(N3CCC([C@@H]4CCCN4)CC3)C2)C1.CCOC(=O)N1CCC2(CC(N3CCC([C@@H]4CCCN4C(=O)OC(F)(F)F)CC3)C2)C1.Cl.O=C(O)CC(F)(F)F. The lowest BCUT2D eigenvalue weighted by Crippen LogP contribution is -2.55. The fourth-order valence-electron chi connectivity index (χ4n) is 12.0. The summed E-state index contributed by atoms with van der Waals surface area (Å²) in [7, 11) is 0. The van der Waals surface area contributed by atoms with Crippen LogP contribution < -0.4 is 5.32 Å². The Labute approximate surface area is 378 Å². The Morgan fingerprint density at radius 3 is 1.53 bits per heavy atom. The Morgan fingerprint density at radius 2 is 1.14 bits per heavy atom. The van der Waals surface area contributed by atoms with Crippen molar-refractivity contribution in [3.05, 3.63) is 0 Å². The molecule has 0 aromatic carbocycles. The lowest BCUT2D eigenvalue weighted by atomic mass is 9.64. The molecule has 64 heavy (non-hydrogen) atoms. The zero-order valence-electron chi connectivity index (χ0n) is 37.3. The van der Waals surface area contributed by atoms with Crippen molar-refractivity contribution in [3.8, 4) is 0 Å². The Kier molecular flexibility index (Phi) is 18.1. The Morgan fingerprint density at radius 1 is 0.656 bits per heavy atom. The predicted molar refractivity (Wildman–Crippen MR) is 225 cm³/mol. The van der Waals surface area contributed by atoms with E-state index < -0.39 is 31.0 Å². The van der Waals surface area contributed by atoms with E-state index >= 15 is 0 Å². The number of rotatable bonds is 7. The minimum Gasteiger partial charge on any atom is -0.481 e. The quantitative estimate of drug-likeness (QED) is 0.191. The molecule has 3 amide bonds. The van der Waals surface area contributed by atoms with E-state index in [1.807, 2.05) is 23.6 Å². The van der Waals surface area contributed by atoms with Gasteiger partial charge >= 0.3 is 36.8 Å². The van der Waals surface area contributed by atoms with Crippen LogP contribution >= 0.6 is 12.4 Å². The first-order valence-electron chi connectivity index (χ1n) is 23.2. The number of hydrogen-bond donors (Lipinski definition) is 2. The van der Waals surface area contributed by atoms with Crippen LogP contribution in [0.4, 0.5) is 40.7 Å². The molecule has 21 heteroatoms. The minimum absolute atomic E-state index is 0. The maximum absolute atomic E-state index is 12.4. The van der Waals surface area contributed by atoms with Crippen LogP contribution in [0.5, 0.6) is 0 Å². The van der Waals surface area contributed by atoms with E-state index in [0.717, 1.165) is 102 Å². The summed E-state index contributed by atoms with van der Waals surface area (Å²) in [6.45, 7) is 13.9. The number of carbonyl (C=O) groups is 4. The maximum Gasteiger partial charge on any atom is 0.576 e. The number of carbonyl (C=O) groups excluding carboxylic acids is 3. The lowest BCUT2D eigenvalue weighted by Gasteiger charge is -2.52. The normalized spacial score (nSPS) is 31.3. The lowest BCUT2D eigenvalue weighted by molar-refractivity contribution is -0.295. The van der Waals surface area contributed by atoms with Crippen LogP contribution in [0.2, 0.25) is 0 Å². The Hall–Kier alpha value is -2.97. The molecule has 6 saturated heterocycles. The van der Waals surface area contributed by atoms with Crippen molar-refractivity contribution in [1.29, 1.82) is 0 Å². The number of carboxylic acid groups (broad SMARTS) is 1. The van der Waals surface area contributed by atoms with E-state index in [1.165, 1.54) is 69.5 Å². The van der Waals surface area contributed by atoms with E-state index in [0.29, 0.717) is 31.2 Å². The largest absolute Gasteiger partial charge is 0.576 e. The topological polar surface area (TPSA) is 144 Å². The molecule has 6 heterocycles. The Bertz CT molecular complexity index is 1550. The summed E-state index contributed by atoms with van der Waals surface area (Å²) in [5.74, 6) is -0.722. The van der Waals surface area contributed by atoms with Gasteiger partial charge in [0.1, 0.15) is 6.42 Å². The number of carboxylic acids is 1. The maximum atomic E-state index is 12.4. The first-order chi connectivity index (χ1) is 29.8. The van der Waals surface area contributed by atoms with Gasteiger partial charge in [-0.3, -0.25) is 4.79 Å². The number of hydrogen-bond acceptors (Lipinski definition) is 10. The van der Waals surface area contributed by atoms with E-state index in [4.69, 9.17) is 14.6 Å². The van der Waals surface area contributed by atoms with Gasteiger partial charge in [0.15, 0.2) is 0 Å². The summed E-state index contributed by atoms with van der Waals surface area (Å²) in [6.07, 6.45) is 2.83. The number of amides is 3. The molecular weight excluding hydrogens is 878 g/mol. The van der Waals surface area contributed by atoms with Crippen molar-refractivity contribution in [2.75, 3.05) is 78.7 Å². The van der Waals surface area contributed by atoms with Crippen LogP contribution in [0, 0.1) is 22.7 Å². The van der Waals surface area contributed by atoms with E-state index in [-0.39, 0.29) is 42.0 Å². The fourth-order valence-corrected chi connectivity index (χ4v) is 12.0. The highest BCUT2D eigenvalue weighted by molar-refractivity contribution is 5.85. The molecule has 8 rings (SSSR count). The van der Waals surface area contributed by atoms with Gasteiger partial charge in [0.2, 0.25) is 0 Å². The second-order valence-corrected chi connectivity index (χ2v) is 19.2. The average molecular weight is 948 g/mol. The average Bonchev–Trinajstić information content (AvgIpc) is 4.03. The van der Waals surface area contributed by atoms with Gasteiger partial charge in [-0.1, -0.05) is 0 Å². The fraction of sp³-hybridized carbons (Fsp3) is 0.907. The molecule has 2 spiro atoms. The molecule has 6 aliphatic heterocycles. The molecule has 14 nitrogen and oxygen atoms in total. The zero-order valence-corrected chi connectivity index (χ0v) is 38.1. The second-order valence-electron chi connectivity index (χ2n) is 19.2. The van der Waals surface area contributed by atoms with Gasteiger partial charge < -0.3 is 49.1 Å². The van der Waals surface area contributed by atoms with Crippen LogP contribution in [-0.2, 0) is 19.0 Å². The number of piperidine rings is 2. The summed E-state index contributed by atoms with van der Waals surface area (Å²) in [5, 5.41) is 11.2. The van der Waals surface area contributed by atoms with Crippen molar-refractivity contribution < 1.29 is 64.8 Å². The molecule has 8 fully saturated rings. The first kappa shape index (κ1) is 52.0. The molecule has 2 aliphatic carbocycles. The third-order valence-corrected chi connectivity index (χ3v) is 15.1. The van der Waals surface area contributed by atoms with Crippen LogP contribution in [0.15, 0.2) is 0 Å². The van der Waals surface area contributed by atoms with Gasteiger partial charge in [-0.25, -0.2) is 14.4 Å². The van der Waals surface area contributed by atoms with Gasteiger partial charge in [0.05, 0.1) is 13.2 Å². The highest BCUT2D eigenvalue weighted by atomic mass is 35.5. The molecule has 2 N–H and O–H groups in total. The molecule has 2 saturated carbocycles. The van der Waals surface area contributed by atoms with Gasteiger partial charge in [-0.2, -0.15) is 13.2 Å². The molecule has 2 atom stereocenters. The van der Waals surface area contributed by atoms with Crippen molar-refractivity contribution >= 4 is 36.7 Å². The van der Waals surface area contributed by atoms with Gasteiger partial charge in [0.25, 0.3) is 0 Å². The zero-order chi connectivity index (χ0) is 45.6. The number of likely N-dealkylation sites (tertiary alicyclic amines) is 5. The number of halogens is 7. The number of ether oxygens (including phenoxy) is 3. The summed E-state index contributed by atoms with van der Waals surface area (Å²) in [6, 6.07) is 1.92. The molecule has 368 valence electrons. The third-order valence-electron chi connectivity index (χ3n) is 15.1. The summed E-state index contributed by atoms with van der Waals surface area (Å²) >= 11 is 0. The number of nitrogens with zero attached hydrogens (tertiary/aromatic N) is 5. The first-order valence-corrected chi connectivity index (χ1v) is 23.2. The summed E-state index contributed by atoms with van der Waals surface area (Å²) in [5.41, 5.74) is 0.624.